The quantitative estimate of drug-likeness (QED) is 0.363. The third-order valence-electron chi connectivity index (χ3n) is 4.15. The maximum Gasteiger partial charge on any atom is 0.240 e. The maximum absolute atomic E-state index is 11.7. The van der Waals surface area contributed by atoms with E-state index in [1.54, 1.807) is 26.3 Å². The SMILES string of the molecule is CN=C(NCc1ccc(S(=O)(=O)NC)cc1)N1CCC(COC)C1.I. The van der Waals surface area contributed by atoms with Gasteiger partial charge < -0.3 is 15.0 Å². The number of sulfonamides is 1. The van der Waals surface area contributed by atoms with Gasteiger partial charge >= 0.3 is 0 Å². The van der Waals surface area contributed by atoms with Crippen molar-refractivity contribution in [3.8, 4) is 0 Å². The van der Waals surface area contributed by atoms with Crippen molar-refractivity contribution in [3.05, 3.63) is 29.8 Å². The summed E-state index contributed by atoms with van der Waals surface area (Å²) in [5.41, 5.74) is 0.999. The van der Waals surface area contributed by atoms with Crippen molar-refractivity contribution in [1.29, 1.82) is 0 Å². The molecule has 1 saturated heterocycles. The molecule has 0 spiro atoms. The number of nitrogens with one attached hydrogen (secondary N) is 2. The molecule has 1 atom stereocenters. The topological polar surface area (TPSA) is 83.0 Å². The standard InChI is InChI=1S/C16H26N4O3S.HI/c1-17-16(20-9-8-14(11-20)12-23-3)19-10-13-4-6-15(7-5-13)24(21,22)18-2;/h4-7,14,18H,8-12H2,1-3H3,(H,17,19);1H. The summed E-state index contributed by atoms with van der Waals surface area (Å²) in [6.45, 7) is 3.27. The summed E-state index contributed by atoms with van der Waals surface area (Å²) in [6, 6.07) is 6.83. The normalized spacial score (nSPS) is 18.1. The van der Waals surface area contributed by atoms with Crippen LogP contribution in [-0.2, 0) is 21.3 Å². The number of hydrogen-bond acceptors (Lipinski definition) is 4. The van der Waals surface area contributed by atoms with Crippen LogP contribution < -0.4 is 10.0 Å². The average Bonchev–Trinajstić information content (AvgIpc) is 3.05. The predicted molar refractivity (Wildman–Crippen MR) is 110 cm³/mol. The highest BCUT2D eigenvalue weighted by atomic mass is 127. The van der Waals surface area contributed by atoms with E-state index in [0.29, 0.717) is 12.5 Å². The van der Waals surface area contributed by atoms with Crippen LogP contribution in [0.5, 0.6) is 0 Å². The molecule has 1 unspecified atom stereocenters. The van der Waals surface area contributed by atoms with E-state index in [-0.39, 0.29) is 28.9 Å². The van der Waals surface area contributed by atoms with E-state index in [9.17, 15) is 8.42 Å². The fourth-order valence-electron chi connectivity index (χ4n) is 2.81. The Balaban J connectivity index is 0.00000312. The number of methoxy groups -OCH3 is 1. The number of aliphatic imine (C=N–C) groups is 1. The van der Waals surface area contributed by atoms with E-state index in [0.717, 1.165) is 37.6 Å². The van der Waals surface area contributed by atoms with E-state index in [1.165, 1.54) is 7.05 Å². The summed E-state index contributed by atoms with van der Waals surface area (Å²) < 4.78 is 31.0. The van der Waals surface area contributed by atoms with Crippen molar-refractivity contribution >= 4 is 40.0 Å². The summed E-state index contributed by atoms with van der Waals surface area (Å²) in [6.07, 6.45) is 1.10. The van der Waals surface area contributed by atoms with E-state index >= 15 is 0 Å². The second-order valence-corrected chi connectivity index (χ2v) is 7.69. The summed E-state index contributed by atoms with van der Waals surface area (Å²) in [5, 5.41) is 3.33. The first-order chi connectivity index (χ1) is 11.5. The zero-order valence-corrected chi connectivity index (χ0v) is 18.0. The minimum Gasteiger partial charge on any atom is -0.384 e. The molecule has 0 radical (unpaired) electrons. The van der Waals surface area contributed by atoms with Crippen LogP contribution in [0.25, 0.3) is 0 Å². The largest absolute Gasteiger partial charge is 0.384 e. The first-order valence-electron chi connectivity index (χ1n) is 7.97. The van der Waals surface area contributed by atoms with Gasteiger partial charge in [-0.05, 0) is 31.2 Å². The Morgan fingerprint density at radius 2 is 2.04 bits per heavy atom. The molecule has 1 aliphatic rings. The third kappa shape index (κ3) is 6.08. The molecule has 0 aliphatic carbocycles. The van der Waals surface area contributed by atoms with Crippen molar-refractivity contribution in [2.75, 3.05) is 40.9 Å². The number of benzene rings is 1. The van der Waals surface area contributed by atoms with Crippen LogP contribution in [0.3, 0.4) is 0 Å². The lowest BCUT2D eigenvalue weighted by molar-refractivity contribution is 0.157. The number of rotatable bonds is 6. The van der Waals surface area contributed by atoms with E-state index in [1.807, 2.05) is 12.1 Å². The molecular weight excluding hydrogens is 455 g/mol. The molecule has 1 heterocycles. The van der Waals surface area contributed by atoms with Crippen LogP contribution >= 0.6 is 24.0 Å². The van der Waals surface area contributed by atoms with E-state index in [2.05, 4.69) is 19.9 Å². The average molecular weight is 482 g/mol. The van der Waals surface area contributed by atoms with E-state index in [4.69, 9.17) is 4.74 Å². The number of hydrogen-bond donors (Lipinski definition) is 2. The molecular formula is C16H27IN4O3S. The van der Waals surface area contributed by atoms with Crippen molar-refractivity contribution in [2.24, 2.45) is 10.9 Å². The van der Waals surface area contributed by atoms with Crippen LogP contribution in [-0.4, -0.2) is 60.2 Å². The minimum atomic E-state index is -3.39. The van der Waals surface area contributed by atoms with Crippen molar-refractivity contribution < 1.29 is 13.2 Å². The van der Waals surface area contributed by atoms with Gasteiger partial charge in [-0.25, -0.2) is 13.1 Å². The van der Waals surface area contributed by atoms with Gasteiger partial charge in [0.15, 0.2) is 5.96 Å². The lowest BCUT2D eigenvalue weighted by Crippen LogP contribution is -2.39. The molecule has 2 N–H and O–H groups in total. The third-order valence-corrected chi connectivity index (χ3v) is 5.58. The molecule has 2 rings (SSSR count). The van der Waals surface area contributed by atoms with Gasteiger partial charge in [0.25, 0.3) is 0 Å². The highest BCUT2D eigenvalue weighted by molar-refractivity contribution is 14.0. The Kier molecular flexibility index (Phi) is 9.11. The molecule has 1 aromatic rings. The van der Waals surface area contributed by atoms with Crippen molar-refractivity contribution in [2.45, 2.75) is 17.9 Å². The molecule has 1 aliphatic heterocycles. The Labute approximate surface area is 167 Å². The van der Waals surface area contributed by atoms with Crippen molar-refractivity contribution in [1.82, 2.24) is 14.9 Å². The molecule has 1 aromatic carbocycles. The zero-order chi connectivity index (χ0) is 17.6. The Morgan fingerprint density at radius 1 is 1.36 bits per heavy atom. The van der Waals surface area contributed by atoms with Gasteiger partial charge in [0, 0.05) is 39.7 Å². The maximum atomic E-state index is 11.7. The molecule has 25 heavy (non-hydrogen) atoms. The number of nitrogens with zero attached hydrogens (tertiary/aromatic N) is 2. The van der Waals surface area contributed by atoms with E-state index < -0.39 is 10.0 Å². The summed E-state index contributed by atoms with van der Waals surface area (Å²) in [7, 11) is 1.52. The van der Waals surface area contributed by atoms with Gasteiger partial charge in [0.1, 0.15) is 0 Å². The second kappa shape index (κ2) is 10.3. The minimum absolute atomic E-state index is 0. The fourth-order valence-corrected chi connectivity index (χ4v) is 3.54. The van der Waals surface area contributed by atoms with Crippen molar-refractivity contribution in [3.63, 3.8) is 0 Å². The van der Waals surface area contributed by atoms with Crippen LogP contribution in [0.15, 0.2) is 34.2 Å². The van der Waals surface area contributed by atoms with Gasteiger partial charge in [-0.3, -0.25) is 4.99 Å². The monoisotopic (exact) mass is 482 g/mol. The summed E-state index contributed by atoms with van der Waals surface area (Å²) in [4.78, 5) is 6.82. The fraction of sp³-hybridized carbons (Fsp3) is 0.562. The molecule has 142 valence electrons. The number of ether oxygens (including phenoxy) is 1. The molecule has 0 bridgehead atoms. The van der Waals surface area contributed by atoms with Gasteiger partial charge in [0.2, 0.25) is 10.0 Å². The van der Waals surface area contributed by atoms with Crippen LogP contribution in [0.4, 0.5) is 0 Å². The first-order valence-corrected chi connectivity index (χ1v) is 9.45. The second-order valence-electron chi connectivity index (χ2n) is 5.81. The first kappa shape index (κ1) is 22.1. The highest BCUT2D eigenvalue weighted by Gasteiger charge is 2.24. The van der Waals surface area contributed by atoms with Crippen LogP contribution in [0.1, 0.15) is 12.0 Å². The number of halogens is 1. The molecule has 0 saturated carbocycles. The van der Waals surface area contributed by atoms with Gasteiger partial charge in [-0.2, -0.15) is 0 Å². The van der Waals surface area contributed by atoms with Gasteiger partial charge in [-0.15, -0.1) is 24.0 Å². The number of guanidine groups is 1. The van der Waals surface area contributed by atoms with Crippen LogP contribution in [0, 0.1) is 5.92 Å². The smallest absolute Gasteiger partial charge is 0.240 e. The summed E-state index contributed by atoms with van der Waals surface area (Å²) in [5.74, 6) is 1.40. The molecule has 9 heteroatoms. The Morgan fingerprint density at radius 3 is 2.60 bits per heavy atom. The predicted octanol–water partition coefficient (Wildman–Crippen LogP) is 1.26. The Bertz CT molecular complexity index is 664. The molecule has 0 aromatic heterocycles. The molecule has 0 amide bonds. The van der Waals surface area contributed by atoms with Gasteiger partial charge in [0.05, 0.1) is 11.5 Å². The lowest BCUT2D eigenvalue weighted by atomic mass is 10.1. The number of likely N-dealkylation sites (tertiary alicyclic amines) is 1. The highest BCUT2D eigenvalue weighted by Crippen LogP contribution is 2.16. The zero-order valence-electron chi connectivity index (χ0n) is 14.9. The Hall–Kier alpha value is -0.910. The summed E-state index contributed by atoms with van der Waals surface area (Å²) >= 11 is 0. The molecule has 1 fully saturated rings. The molecule has 7 nitrogen and oxygen atoms in total. The lowest BCUT2D eigenvalue weighted by Gasteiger charge is -2.21. The van der Waals surface area contributed by atoms with Gasteiger partial charge in [-0.1, -0.05) is 12.1 Å². The van der Waals surface area contributed by atoms with Crippen LogP contribution in [0.2, 0.25) is 0 Å².